The van der Waals surface area contributed by atoms with Crippen molar-refractivity contribution in [1.82, 2.24) is 14.5 Å². The van der Waals surface area contributed by atoms with E-state index >= 15 is 0 Å². The Kier molecular flexibility index (Phi) is 8.59. The van der Waals surface area contributed by atoms with Gasteiger partial charge in [0.15, 0.2) is 5.65 Å². The van der Waals surface area contributed by atoms with Crippen molar-refractivity contribution in [2.45, 2.75) is 39.0 Å². The minimum absolute atomic E-state index is 0.0325. The third-order valence-electron chi connectivity index (χ3n) is 6.42. The van der Waals surface area contributed by atoms with E-state index in [0.29, 0.717) is 15.0 Å². The SMILES string of the molecule is Cc1ccc(N(C(=O)C(F)(F)F)C(C)C)cc1-c1nc(NC(CO)CO)nc2c1ccc(=O)n2-c1c(F)cccc1F. The number of nitrogens with zero attached hydrogens (tertiary/aromatic N) is 4. The van der Waals surface area contributed by atoms with Crippen LogP contribution in [0, 0.1) is 18.6 Å². The molecule has 0 bridgehead atoms. The number of pyridine rings is 1. The van der Waals surface area contributed by atoms with Crippen LogP contribution in [-0.4, -0.2) is 62.1 Å². The number of benzene rings is 2. The lowest BCUT2D eigenvalue weighted by Crippen LogP contribution is -2.45. The molecule has 1 amide bonds. The number of aromatic nitrogens is 3. The average Bonchev–Trinajstić information content (AvgIpc) is 2.92. The summed E-state index contributed by atoms with van der Waals surface area (Å²) in [6.45, 7) is 3.33. The summed E-state index contributed by atoms with van der Waals surface area (Å²) >= 11 is 0. The number of fused-ring (bicyclic) bond motifs is 1. The molecule has 0 saturated heterocycles. The highest BCUT2D eigenvalue weighted by atomic mass is 19.4. The smallest absolute Gasteiger partial charge is 0.394 e. The maximum absolute atomic E-state index is 14.9. The Morgan fingerprint density at radius 3 is 2.24 bits per heavy atom. The highest BCUT2D eigenvalue weighted by molar-refractivity contribution is 5.99. The molecule has 0 saturated carbocycles. The fraction of sp³-hybridized carbons (Fsp3) is 0.286. The molecule has 42 heavy (non-hydrogen) atoms. The Morgan fingerprint density at radius 1 is 1.02 bits per heavy atom. The maximum Gasteiger partial charge on any atom is 0.471 e. The second kappa shape index (κ2) is 11.8. The number of alkyl halides is 3. The third-order valence-corrected chi connectivity index (χ3v) is 6.42. The lowest BCUT2D eigenvalue weighted by atomic mass is 10.0. The van der Waals surface area contributed by atoms with Crippen LogP contribution in [0.5, 0.6) is 0 Å². The zero-order chi connectivity index (χ0) is 30.9. The number of hydrogen-bond donors (Lipinski definition) is 3. The van der Waals surface area contributed by atoms with E-state index in [2.05, 4.69) is 15.3 Å². The maximum atomic E-state index is 14.9. The number of carbonyl (C=O) groups excluding carboxylic acids is 1. The number of aliphatic hydroxyl groups excluding tert-OH is 2. The molecule has 3 N–H and O–H groups in total. The predicted molar refractivity (Wildman–Crippen MR) is 145 cm³/mol. The van der Waals surface area contributed by atoms with Crippen LogP contribution in [0.3, 0.4) is 0 Å². The number of aliphatic hydroxyl groups is 2. The molecular formula is C28H26F5N5O4. The van der Waals surface area contributed by atoms with Gasteiger partial charge in [0.2, 0.25) is 5.95 Å². The summed E-state index contributed by atoms with van der Waals surface area (Å²) in [5, 5.41) is 21.9. The molecular weight excluding hydrogens is 565 g/mol. The molecule has 2 aromatic carbocycles. The monoisotopic (exact) mass is 591 g/mol. The lowest BCUT2D eigenvalue weighted by molar-refractivity contribution is -0.170. The topological polar surface area (TPSA) is 121 Å². The van der Waals surface area contributed by atoms with Crippen molar-refractivity contribution in [1.29, 1.82) is 0 Å². The number of amides is 1. The van der Waals surface area contributed by atoms with Crippen molar-refractivity contribution in [2.24, 2.45) is 0 Å². The van der Waals surface area contributed by atoms with Gasteiger partial charge in [-0.1, -0.05) is 12.1 Å². The van der Waals surface area contributed by atoms with Gasteiger partial charge in [-0.3, -0.25) is 14.2 Å². The van der Waals surface area contributed by atoms with E-state index in [-0.39, 0.29) is 33.9 Å². The first-order valence-electron chi connectivity index (χ1n) is 12.7. The Bertz CT molecular complexity index is 1680. The summed E-state index contributed by atoms with van der Waals surface area (Å²) in [4.78, 5) is 34.6. The van der Waals surface area contributed by atoms with Crippen molar-refractivity contribution in [3.05, 3.63) is 76.1 Å². The lowest BCUT2D eigenvalue weighted by Gasteiger charge is -2.28. The van der Waals surface area contributed by atoms with Crippen LogP contribution in [0.25, 0.3) is 28.0 Å². The Balaban J connectivity index is 2.08. The largest absolute Gasteiger partial charge is 0.471 e. The van der Waals surface area contributed by atoms with Crippen LogP contribution in [-0.2, 0) is 4.79 Å². The number of para-hydroxylation sites is 1. The van der Waals surface area contributed by atoms with Gasteiger partial charge in [0.05, 0.1) is 24.9 Å². The molecule has 4 rings (SSSR count). The van der Waals surface area contributed by atoms with Gasteiger partial charge >= 0.3 is 12.1 Å². The summed E-state index contributed by atoms with van der Waals surface area (Å²) in [6, 6.07) is 7.59. The summed E-state index contributed by atoms with van der Waals surface area (Å²) in [5.74, 6) is -4.49. The van der Waals surface area contributed by atoms with Crippen molar-refractivity contribution >= 4 is 28.6 Å². The first-order chi connectivity index (χ1) is 19.8. The molecule has 0 radical (unpaired) electrons. The Morgan fingerprint density at radius 2 is 1.67 bits per heavy atom. The third kappa shape index (κ3) is 5.81. The highest BCUT2D eigenvalue weighted by Crippen LogP contribution is 2.35. The summed E-state index contributed by atoms with van der Waals surface area (Å²) in [5.41, 5.74) is -1.22. The van der Waals surface area contributed by atoms with Gasteiger partial charge in [0.1, 0.15) is 17.3 Å². The molecule has 2 heterocycles. The van der Waals surface area contributed by atoms with E-state index in [9.17, 15) is 41.8 Å². The van der Waals surface area contributed by atoms with Gasteiger partial charge < -0.3 is 20.4 Å². The van der Waals surface area contributed by atoms with Gasteiger partial charge in [-0.05, 0) is 56.7 Å². The van der Waals surface area contributed by atoms with E-state index in [1.54, 1.807) is 6.92 Å². The van der Waals surface area contributed by atoms with Crippen molar-refractivity contribution in [2.75, 3.05) is 23.4 Å². The van der Waals surface area contributed by atoms with E-state index in [1.807, 2.05) is 0 Å². The molecule has 0 aliphatic heterocycles. The van der Waals surface area contributed by atoms with Crippen molar-refractivity contribution < 1.29 is 37.0 Å². The molecule has 2 aromatic heterocycles. The minimum atomic E-state index is -5.16. The molecule has 4 aromatic rings. The number of anilines is 2. The number of carbonyl (C=O) groups is 1. The first-order valence-corrected chi connectivity index (χ1v) is 12.7. The summed E-state index contributed by atoms with van der Waals surface area (Å²) in [7, 11) is 0. The Hall–Kier alpha value is -4.43. The fourth-order valence-corrected chi connectivity index (χ4v) is 4.44. The quantitative estimate of drug-likeness (QED) is 0.264. The fourth-order valence-electron chi connectivity index (χ4n) is 4.44. The minimum Gasteiger partial charge on any atom is -0.394 e. The van der Waals surface area contributed by atoms with Gasteiger partial charge in [-0.25, -0.2) is 13.8 Å². The molecule has 9 nitrogen and oxygen atoms in total. The van der Waals surface area contributed by atoms with Crippen molar-refractivity contribution in [3.8, 4) is 16.9 Å². The van der Waals surface area contributed by atoms with Gasteiger partial charge in [-0.15, -0.1) is 0 Å². The van der Waals surface area contributed by atoms with Crippen LogP contribution >= 0.6 is 0 Å². The molecule has 0 atom stereocenters. The van der Waals surface area contributed by atoms with Crippen LogP contribution in [0.15, 0.2) is 53.3 Å². The number of nitrogens with one attached hydrogen (secondary N) is 1. The number of rotatable bonds is 8. The van der Waals surface area contributed by atoms with Crippen LogP contribution < -0.4 is 15.8 Å². The normalized spacial score (nSPS) is 11.9. The van der Waals surface area contributed by atoms with Crippen LogP contribution in [0.2, 0.25) is 0 Å². The molecule has 222 valence electrons. The molecule has 0 spiro atoms. The van der Waals surface area contributed by atoms with E-state index in [1.165, 1.54) is 38.1 Å². The standard InChI is InChI=1S/C28H26F5N5O4/c1-14(2)37(26(42)28(31,32)33)17-8-7-15(3)19(11-17)23-18-9-10-22(41)38(24-20(29)5-4-6-21(24)30)25(18)36-27(35-23)34-16(12-39)13-40/h4-11,14,16,39-40H,12-13H2,1-3H3,(H,34,35,36). The zero-order valence-corrected chi connectivity index (χ0v) is 22.6. The van der Waals surface area contributed by atoms with Gasteiger partial charge in [0.25, 0.3) is 5.56 Å². The van der Waals surface area contributed by atoms with Gasteiger partial charge in [-0.2, -0.15) is 18.2 Å². The summed E-state index contributed by atoms with van der Waals surface area (Å²) in [6.07, 6.45) is -5.16. The van der Waals surface area contributed by atoms with Crippen LogP contribution in [0.4, 0.5) is 33.6 Å². The molecule has 14 heteroatoms. The number of halogens is 5. The summed E-state index contributed by atoms with van der Waals surface area (Å²) < 4.78 is 70.8. The van der Waals surface area contributed by atoms with E-state index < -0.39 is 60.3 Å². The van der Waals surface area contributed by atoms with E-state index in [0.717, 1.165) is 24.3 Å². The molecule has 0 unspecified atom stereocenters. The van der Waals surface area contributed by atoms with Crippen LogP contribution in [0.1, 0.15) is 19.4 Å². The van der Waals surface area contributed by atoms with E-state index in [4.69, 9.17) is 0 Å². The van der Waals surface area contributed by atoms with Gasteiger partial charge in [0, 0.05) is 28.7 Å². The molecule has 0 fully saturated rings. The molecule has 0 aliphatic rings. The number of hydrogen-bond acceptors (Lipinski definition) is 7. The van der Waals surface area contributed by atoms with Crippen molar-refractivity contribution in [3.63, 3.8) is 0 Å². The average molecular weight is 592 g/mol. The second-order valence-electron chi connectivity index (χ2n) is 9.68. The highest BCUT2D eigenvalue weighted by Gasteiger charge is 2.44. The zero-order valence-electron chi connectivity index (χ0n) is 22.6. The predicted octanol–water partition coefficient (Wildman–Crippen LogP) is 4.10. The Labute approximate surface area is 235 Å². The first kappa shape index (κ1) is 30.5. The molecule has 0 aliphatic carbocycles. The second-order valence-corrected chi connectivity index (χ2v) is 9.68. The number of aryl methyl sites for hydroxylation is 1.